The lowest BCUT2D eigenvalue weighted by atomic mass is 9.90. The van der Waals surface area contributed by atoms with Gasteiger partial charge in [0.25, 0.3) is 0 Å². The smallest absolute Gasteiger partial charge is 0.319 e. The van der Waals surface area contributed by atoms with Crippen molar-refractivity contribution in [3.8, 4) is 12.3 Å². The first-order chi connectivity index (χ1) is 52.9. The van der Waals surface area contributed by atoms with E-state index in [0.717, 1.165) is 6.92 Å². The number of rotatable bonds is 44. The molecule has 0 aromatic heterocycles. The van der Waals surface area contributed by atoms with Gasteiger partial charge in [-0.1, -0.05) is 5.92 Å². The number of carbonyl (C=O) groups is 7. The van der Waals surface area contributed by atoms with Gasteiger partial charge in [-0.3, -0.25) is 33.6 Å². The van der Waals surface area contributed by atoms with E-state index in [-0.39, 0.29) is 98.5 Å². The van der Waals surface area contributed by atoms with Gasteiger partial charge in [0.1, 0.15) is 154 Å². The Bertz CT molecular complexity index is 2750. The van der Waals surface area contributed by atoms with Crippen molar-refractivity contribution in [2.24, 2.45) is 16.2 Å². The monoisotopic (exact) mass is 1680 g/mol. The van der Waals surface area contributed by atoms with Gasteiger partial charge in [0, 0.05) is 52.4 Å². The van der Waals surface area contributed by atoms with Crippen molar-refractivity contribution >= 4 is 111 Å². The molecule has 20 atom stereocenters. The number of ether oxygens (including phenoxy) is 11. The van der Waals surface area contributed by atoms with Crippen molar-refractivity contribution in [2.75, 3.05) is 125 Å². The van der Waals surface area contributed by atoms with Crippen molar-refractivity contribution in [1.29, 1.82) is 0 Å². The molecule has 0 amide bonds. The van der Waals surface area contributed by atoms with Gasteiger partial charge in [-0.05, 0) is 95.3 Å². The average Bonchev–Trinajstić information content (AvgIpc) is 0.844. The third-order valence-electron chi connectivity index (χ3n) is 18.3. The second kappa shape index (κ2) is 49.0. The van der Waals surface area contributed by atoms with Gasteiger partial charge >= 0.3 is 41.8 Å². The highest BCUT2D eigenvalue weighted by Gasteiger charge is 2.49. The number of thiocarbonyl (C=S) groups is 4. The van der Waals surface area contributed by atoms with E-state index in [4.69, 9.17) is 107 Å². The maximum Gasteiger partial charge on any atom is 0.319 e. The lowest BCUT2D eigenvalue weighted by molar-refractivity contribution is -0.229. The van der Waals surface area contributed by atoms with Crippen LogP contribution in [0.1, 0.15) is 72.1 Å². The fourth-order valence-electron chi connectivity index (χ4n) is 11.1. The van der Waals surface area contributed by atoms with E-state index in [2.05, 4.69) is 48.5 Å². The number of terminal acetylenes is 1. The lowest BCUT2D eigenvalue weighted by Crippen LogP contribution is -2.58. The summed E-state index contributed by atoms with van der Waals surface area (Å²) in [7, 11) is 0. The molecule has 0 unspecified atom stereocenters. The molecule has 4 aliphatic heterocycles. The third-order valence-corrected chi connectivity index (χ3v) is 19.5. The second-order valence-electron chi connectivity index (χ2n) is 27.6. The van der Waals surface area contributed by atoms with Gasteiger partial charge in [-0.2, -0.15) is 0 Å². The van der Waals surface area contributed by atoms with Crippen LogP contribution in [0.2, 0.25) is 0 Å². The van der Waals surface area contributed by atoms with E-state index in [0.29, 0.717) is 0 Å². The molecule has 4 saturated heterocycles. The molecular formula is C66H108N8O34S4. The maximum absolute atomic E-state index is 14.4. The Kier molecular flexibility index (Phi) is 43.0. The summed E-state index contributed by atoms with van der Waals surface area (Å²) in [5.74, 6) is -5.42. The number of esters is 7. The fourth-order valence-corrected chi connectivity index (χ4v) is 12.0. The number of nitrogens with one attached hydrogen (secondary N) is 8. The first-order valence-corrected chi connectivity index (χ1v) is 37.4. The minimum absolute atomic E-state index is 0.0128. The van der Waals surface area contributed by atoms with E-state index < -0.39 is 278 Å². The molecule has 640 valence electrons. The van der Waals surface area contributed by atoms with E-state index in [9.17, 15) is 115 Å². The molecule has 0 aromatic rings. The van der Waals surface area contributed by atoms with Crippen LogP contribution in [-0.4, -0.2) is 391 Å². The molecule has 4 rings (SSSR count). The highest BCUT2D eigenvalue weighted by atomic mass is 32.1. The zero-order valence-electron chi connectivity index (χ0n) is 61.9. The quantitative estimate of drug-likeness (QED) is 0.0117. The molecule has 46 heteroatoms. The summed E-state index contributed by atoms with van der Waals surface area (Å²) in [6.45, 7) is -5.62. The number of aliphatic hydroxyl groups is 16. The minimum atomic E-state index is -2.19. The van der Waals surface area contributed by atoms with Crippen LogP contribution < -0.4 is 42.5 Å². The van der Waals surface area contributed by atoms with Crippen LogP contribution >= 0.6 is 48.9 Å². The number of hydrogen-bond acceptors (Lipinski definition) is 38. The highest BCUT2D eigenvalue weighted by molar-refractivity contribution is 7.80. The zero-order chi connectivity index (χ0) is 83.6. The molecule has 42 nitrogen and oxygen atoms in total. The summed E-state index contributed by atoms with van der Waals surface area (Å²) in [6, 6.07) is 0. The van der Waals surface area contributed by atoms with Gasteiger partial charge in [0.15, 0.2) is 27.1 Å². The zero-order valence-corrected chi connectivity index (χ0v) is 65.1. The first kappa shape index (κ1) is 98.2. The predicted octanol–water partition coefficient (Wildman–Crippen LogP) is -11.2. The van der Waals surface area contributed by atoms with Gasteiger partial charge in [-0.25, -0.2) is 0 Å². The Morgan fingerprint density at radius 2 is 0.500 bits per heavy atom. The van der Waals surface area contributed by atoms with E-state index in [1.807, 2.05) is 0 Å². The lowest BCUT2D eigenvalue weighted by Gasteiger charge is -2.40. The Morgan fingerprint density at radius 3 is 0.705 bits per heavy atom. The Labute approximate surface area is 665 Å². The van der Waals surface area contributed by atoms with Gasteiger partial charge < -0.3 is 176 Å². The summed E-state index contributed by atoms with van der Waals surface area (Å²) < 4.78 is 60.5. The van der Waals surface area contributed by atoms with Crippen molar-refractivity contribution in [3.63, 3.8) is 0 Å². The molecule has 0 saturated carbocycles. The fraction of sp³-hybridized carbons (Fsp3) is 0.803. The molecule has 24 N–H and O–H groups in total. The normalized spacial score (nSPS) is 27.9. The van der Waals surface area contributed by atoms with Crippen LogP contribution in [-0.2, 0) is 85.7 Å². The summed E-state index contributed by atoms with van der Waals surface area (Å²) in [4.78, 5) is 96.0. The van der Waals surface area contributed by atoms with Crippen LogP contribution in [0.15, 0.2) is 0 Å². The van der Waals surface area contributed by atoms with Crippen molar-refractivity contribution in [3.05, 3.63) is 0 Å². The van der Waals surface area contributed by atoms with E-state index >= 15 is 0 Å². The van der Waals surface area contributed by atoms with Gasteiger partial charge in [0.2, 0.25) is 0 Å². The summed E-state index contributed by atoms with van der Waals surface area (Å²) in [5.41, 5.74) is -6.40. The van der Waals surface area contributed by atoms with Crippen LogP contribution in [0, 0.1) is 28.6 Å². The molecule has 112 heavy (non-hydrogen) atoms. The highest BCUT2D eigenvalue weighted by Crippen LogP contribution is 2.31. The molecule has 4 heterocycles. The van der Waals surface area contributed by atoms with Crippen LogP contribution in [0.3, 0.4) is 0 Å². The van der Waals surface area contributed by atoms with Crippen LogP contribution in [0.25, 0.3) is 0 Å². The summed E-state index contributed by atoms with van der Waals surface area (Å²) in [5, 5.41) is 183. The first-order valence-electron chi connectivity index (χ1n) is 35.8. The van der Waals surface area contributed by atoms with Crippen molar-refractivity contribution in [2.45, 2.75) is 194 Å². The minimum Gasteiger partial charge on any atom is -0.464 e. The van der Waals surface area contributed by atoms with Crippen molar-refractivity contribution in [1.82, 2.24) is 42.5 Å². The molecule has 0 spiro atoms. The average molecular weight is 1690 g/mol. The molecule has 0 bridgehead atoms. The number of carbonyl (C=O) groups excluding carboxylic acids is 7. The van der Waals surface area contributed by atoms with E-state index in [1.165, 1.54) is 13.8 Å². The molecule has 4 aliphatic rings. The van der Waals surface area contributed by atoms with Crippen LogP contribution in [0.5, 0.6) is 0 Å². The van der Waals surface area contributed by atoms with Crippen LogP contribution in [0.4, 0.5) is 0 Å². The van der Waals surface area contributed by atoms with Crippen molar-refractivity contribution < 1.29 is 167 Å². The SMILES string of the molecule is C#CCOC(=O)C(C)(COC(=O)C(C)(COC(=O)CCNC(=S)NCC[C@H]1O[C@H](CO)[C@H](O)[C@H](O)[C@H]1O)COC(=O)CCNC(=S)NCC[C@H]1O[C@H](CO)[C@H](O)[C@H](O)[C@H]1O)COC(=O)C(C)(COC(=O)CCNC(=S)NCC[C@H]1O[C@H](CO)[C@H](O)[C@H](O)[C@H]1O)COC(=O)CCNC(=S)NCC[C@H]1O[C@H](CO)[C@H](O)[C@H](O)[C@H]1O. The Balaban J connectivity index is 1.46. The largest absolute Gasteiger partial charge is 0.464 e. The molecule has 4 fully saturated rings. The second-order valence-corrected chi connectivity index (χ2v) is 29.2. The standard InChI is InChI=1S/C66H108N8O34S4/c1-5-22-98-57(95)66(4,31-103-58(96)64(2,27-99-41(79)10-18-71-60(109)67-14-6-33-45(83)53(91)49(87)37(23-75)105-33)28-100-42(80)11-19-72-61(110)68-15-7-34-46(84)54(92)50(88)38(24-76)106-34)32-104-59(97)65(3,29-101-43(81)12-20-73-62(111)69-16-8-35-47(85)55(93)51(89)39(25-77)107-35)30-102-44(82)13-21-74-63(112)70-17-9-36-48(86)56(94)52(90)40(26-78)108-36/h1,33-40,45-56,75-78,83-94H,6-32H2,2-4H3,(H2,67,71,109)(H2,68,72,110)(H2,69,73,111)(H2,70,74,112)/t33-,34-,35-,36-,37-,38-,39-,40-,45+,46+,47+,48+,49+,50+,51+,52+,53-,54-,55-,56-/m1/s1. The van der Waals surface area contributed by atoms with Gasteiger partial charge in [0.05, 0.1) is 76.5 Å². The van der Waals surface area contributed by atoms with Gasteiger partial charge in [-0.15, -0.1) is 6.42 Å². The topological polar surface area (TPSA) is 641 Å². The molecule has 0 aromatic carbocycles. The molecular weight excluding hydrogens is 1580 g/mol. The molecule has 0 aliphatic carbocycles. The van der Waals surface area contributed by atoms with E-state index in [1.54, 1.807) is 0 Å². The number of hydrogen-bond donors (Lipinski definition) is 24. The Morgan fingerprint density at radius 1 is 0.312 bits per heavy atom. The summed E-state index contributed by atoms with van der Waals surface area (Å²) in [6.07, 6.45) is -23.2. The Hall–Kier alpha value is -6.19. The maximum atomic E-state index is 14.4. The molecule has 0 radical (unpaired) electrons. The predicted molar refractivity (Wildman–Crippen MR) is 396 cm³/mol. The third kappa shape index (κ3) is 31.1. The summed E-state index contributed by atoms with van der Waals surface area (Å²) >= 11 is 21.1. The number of aliphatic hydroxyl groups excluding tert-OH is 16.